The number of piperidine rings is 1. The van der Waals surface area contributed by atoms with Crippen LogP contribution in [0.2, 0.25) is 0 Å². The van der Waals surface area contributed by atoms with Crippen molar-refractivity contribution in [1.82, 2.24) is 14.7 Å². The summed E-state index contributed by atoms with van der Waals surface area (Å²) >= 11 is 0. The highest BCUT2D eigenvalue weighted by atomic mass is 16.5. The predicted molar refractivity (Wildman–Crippen MR) is 101 cm³/mol. The molecule has 2 aliphatic rings. The van der Waals surface area contributed by atoms with E-state index in [-0.39, 0.29) is 18.6 Å². The molecule has 27 heavy (non-hydrogen) atoms. The molecule has 2 aliphatic heterocycles. The van der Waals surface area contributed by atoms with Gasteiger partial charge in [-0.15, -0.1) is 0 Å². The molecule has 1 saturated heterocycles. The fraction of sp³-hybridized carbons (Fsp3) is 0.524. The molecular formula is C21H27N3O3. The van der Waals surface area contributed by atoms with Crippen LogP contribution in [0.15, 0.2) is 30.3 Å². The quantitative estimate of drug-likeness (QED) is 0.813. The highest BCUT2D eigenvalue weighted by Crippen LogP contribution is 2.35. The summed E-state index contributed by atoms with van der Waals surface area (Å²) in [5.74, 6) is 0.0466. The minimum absolute atomic E-state index is 0.0221. The van der Waals surface area contributed by atoms with Crippen molar-refractivity contribution in [3.05, 3.63) is 52.8 Å². The minimum atomic E-state index is 0.0221. The highest BCUT2D eigenvalue weighted by Gasteiger charge is 2.34. The van der Waals surface area contributed by atoms with Gasteiger partial charge in [0.1, 0.15) is 6.61 Å². The molecule has 0 spiro atoms. The number of amides is 1. The minimum Gasteiger partial charge on any atom is -0.376 e. The SMILES string of the molecule is COCC(=O)N1CCCCC1c1nn(Cc2ccccc2)c2c1COCC2. The molecule has 144 valence electrons. The third kappa shape index (κ3) is 3.77. The van der Waals surface area contributed by atoms with E-state index in [9.17, 15) is 4.79 Å². The number of carbonyl (C=O) groups excluding carboxylic acids is 1. The Labute approximate surface area is 160 Å². The molecule has 0 N–H and O–H groups in total. The Morgan fingerprint density at radius 2 is 2.15 bits per heavy atom. The number of benzene rings is 1. The van der Waals surface area contributed by atoms with E-state index in [2.05, 4.69) is 28.9 Å². The summed E-state index contributed by atoms with van der Waals surface area (Å²) in [6, 6.07) is 10.4. The summed E-state index contributed by atoms with van der Waals surface area (Å²) in [6.07, 6.45) is 3.97. The van der Waals surface area contributed by atoms with Crippen LogP contribution in [0.3, 0.4) is 0 Å². The fourth-order valence-corrected chi connectivity index (χ4v) is 4.21. The maximum atomic E-state index is 12.6. The summed E-state index contributed by atoms with van der Waals surface area (Å²) in [6.45, 7) is 2.96. The Bertz CT molecular complexity index is 787. The first-order valence-corrected chi connectivity index (χ1v) is 9.76. The molecule has 1 aromatic heterocycles. The number of nitrogens with zero attached hydrogens (tertiary/aromatic N) is 3. The summed E-state index contributed by atoms with van der Waals surface area (Å²) in [5.41, 5.74) is 4.69. The van der Waals surface area contributed by atoms with Crippen LogP contribution in [0.25, 0.3) is 0 Å². The van der Waals surface area contributed by atoms with Crippen LogP contribution >= 0.6 is 0 Å². The van der Waals surface area contributed by atoms with Gasteiger partial charge in [-0.2, -0.15) is 5.10 Å². The topological polar surface area (TPSA) is 56.6 Å². The maximum Gasteiger partial charge on any atom is 0.249 e. The zero-order valence-corrected chi connectivity index (χ0v) is 15.9. The normalized spacial score (nSPS) is 19.7. The van der Waals surface area contributed by atoms with Gasteiger partial charge in [0.15, 0.2) is 0 Å². The van der Waals surface area contributed by atoms with Crippen LogP contribution in [0.5, 0.6) is 0 Å². The smallest absolute Gasteiger partial charge is 0.249 e. The van der Waals surface area contributed by atoms with Crippen molar-refractivity contribution in [3.63, 3.8) is 0 Å². The number of rotatable bonds is 5. The van der Waals surface area contributed by atoms with E-state index in [0.29, 0.717) is 6.61 Å². The molecule has 1 fully saturated rings. The second-order valence-corrected chi connectivity index (χ2v) is 7.29. The molecule has 0 radical (unpaired) electrons. The molecular weight excluding hydrogens is 342 g/mol. The van der Waals surface area contributed by atoms with Crippen molar-refractivity contribution in [1.29, 1.82) is 0 Å². The number of hydrogen-bond acceptors (Lipinski definition) is 4. The molecule has 1 aromatic carbocycles. The van der Waals surface area contributed by atoms with Crippen molar-refractivity contribution in [3.8, 4) is 0 Å². The summed E-state index contributed by atoms with van der Waals surface area (Å²) in [7, 11) is 1.57. The number of fused-ring (bicyclic) bond motifs is 1. The number of methoxy groups -OCH3 is 1. The Kier molecular flexibility index (Phi) is 5.55. The van der Waals surface area contributed by atoms with Crippen molar-refractivity contribution in [2.24, 2.45) is 0 Å². The van der Waals surface area contributed by atoms with E-state index in [1.807, 2.05) is 11.0 Å². The zero-order chi connectivity index (χ0) is 18.6. The lowest BCUT2D eigenvalue weighted by Crippen LogP contribution is -2.41. The molecule has 4 rings (SSSR count). The lowest BCUT2D eigenvalue weighted by atomic mass is 9.95. The second-order valence-electron chi connectivity index (χ2n) is 7.29. The van der Waals surface area contributed by atoms with E-state index in [1.165, 1.54) is 16.8 Å². The number of ether oxygens (including phenoxy) is 2. The van der Waals surface area contributed by atoms with Crippen molar-refractivity contribution in [2.45, 2.75) is 44.9 Å². The monoisotopic (exact) mass is 369 g/mol. The van der Waals surface area contributed by atoms with E-state index in [0.717, 1.165) is 51.1 Å². The van der Waals surface area contributed by atoms with Gasteiger partial charge in [0.2, 0.25) is 5.91 Å². The molecule has 6 heteroatoms. The third-order valence-corrected chi connectivity index (χ3v) is 5.51. The first-order valence-electron chi connectivity index (χ1n) is 9.76. The van der Waals surface area contributed by atoms with Gasteiger partial charge in [0.25, 0.3) is 0 Å². The standard InChI is InChI=1S/C21H27N3O3/c1-26-15-20(25)23-11-6-5-9-19(23)21-17-14-27-12-10-18(17)24(22-21)13-16-7-3-2-4-8-16/h2-4,7-8,19H,5-6,9-15H2,1H3. The number of likely N-dealkylation sites (tertiary alicyclic amines) is 1. The molecule has 0 aliphatic carbocycles. The predicted octanol–water partition coefficient (Wildman–Crippen LogP) is 2.70. The summed E-state index contributed by atoms with van der Waals surface area (Å²) in [4.78, 5) is 14.5. The second kappa shape index (κ2) is 8.23. The highest BCUT2D eigenvalue weighted by molar-refractivity contribution is 5.78. The Morgan fingerprint density at radius 1 is 1.30 bits per heavy atom. The summed E-state index contributed by atoms with van der Waals surface area (Å²) in [5, 5.41) is 5.01. The van der Waals surface area contributed by atoms with Gasteiger partial charge in [0, 0.05) is 31.3 Å². The van der Waals surface area contributed by atoms with Crippen molar-refractivity contribution < 1.29 is 14.3 Å². The van der Waals surface area contributed by atoms with Crippen LogP contribution in [0.1, 0.15) is 47.8 Å². The maximum absolute atomic E-state index is 12.6. The van der Waals surface area contributed by atoms with Crippen LogP contribution in [0.4, 0.5) is 0 Å². The van der Waals surface area contributed by atoms with Crippen LogP contribution < -0.4 is 0 Å². The van der Waals surface area contributed by atoms with E-state index < -0.39 is 0 Å². The van der Waals surface area contributed by atoms with E-state index in [1.54, 1.807) is 7.11 Å². The largest absolute Gasteiger partial charge is 0.376 e. The van der Waals surface area contributed by atoms with E-state index >= 15 is 0 Å². The average Bonchev–Trinajstić information content (AvgIpc) is 3.07. The fourth-order valence-electron chi connectivity index (χ4n) is 4.21. The van der Waals surface area contributed by atoms with Gasteiger partial charge in [-0.25, -0.2) is 0 Å². The first-order chi connectivity index (χ1) is 13.3. The third-order valence-electron chi connectivity index (χ3n) is 5.51. The Balaban J connectivity index is 1.68. The molecule has 2 aromatic rings. The number of carbonyl (C=O) groups is 1. The molecule has 1 unspecified atom stereocenters. The Morgan fingerprint density at radius 3 is 2.96 bits per heavy atom. The van der Waals surface area contributed by atoms with Crippen LogP contribution in [0, 0.1) is 0 Å². The zero-order valence-electron chi connectivity index (χ0n) is 15.9. The molecule has 0 bridgehead atoms. The molecule has 3 heterocycles. The van der Waals surface area contributed by atoms with E-state index in [4.69, 9.17) is 14.6 Å². The van der Waals surface area contributed by atoms with Gasteiger partial charge < -0.3 is 14.4 Å². The van der Waals surface area contributed by atoms with Gasteiger partial charge in [-0.1, -0.05) is 30.3 Å². The van der Waals surface area contributed by atoms with Gasteiger partial charge in [-0.3, -0.25) is 9.48 Å². The van der Waals surface area contributed by atoms with Crippen LogP contribution in [-0.2, 0) is 33.8 Å². The average molecular weight is 369 g/mol. The molecule has 1 atom stereocenters. The Hall–Kier alpha value is -2.18. The number of hydrogen-bond donors (Lipinski definition) is 0. The van der Waals surface area contributed by atoms with Crippen molar-refractivity contribution >= 4 is 5.91 Å². The van der Waals surface area contributed by atoms with Crippen LogP contribution in [-0.4, -0.2) is 47.5 Å². The van der Waals surface area contributed by atoms with Gasteiger partial charge in [-0.05, 0) is 24.8 Å². The molecule has 1 amide bonds. The van der Waals surface area contributed by atoms with Gasteiger partial charge in [0.05, 0.1) is 31.5 Å². The van der Waals surface area contributed by atoms with Crippen molar-refractivity contribution in [2.75, 3.05) is 26.9 Å². The molecule has 6 nitrogen and oxygen atoms in total. The molecule has 0 saturated carbocycles. The summed E-state index contributed by atoms with van der Waals surface area (Å²) < 4.78 is 13.0. The lowest BCUT2D eigenvalue weighted by Gasteiger charge is -2.35. The lowest BCUT2D eigenvalue weighted by molar-refractivity contribution is -0.139. The number of aromatic nitrogens is 2. The van der Waals surface area contributed by atoms with Gasteiger partial charge >= 0.3 is 0 Å². The first kappa shape index (κ1) is 18.2.